The van der Waals surface area contributed by atoms with E-state index in [0.717, 1.165) is 5.56 Å². The lowest BCUT2D eigenvalue weighted by atomic mass is 10.2. The molecule has 0 saturated heterocycles. The number of rotatable bonds is 4. The van der Waals surface area contributed by atoms with E-state index in [2.05, 4.69) is 0 Å². The predicted molar refractivity (Wildman–Crippen MR) is 73.1 cm³/mol. The van der Waals surface area contributed by atoms with Crippen LogP contribution in [0, 0.1) is 12.7 Å². The molecule has 0 aliphatic heterocycles. The van der Waals surface area contributed by atoms with Crippen LogP contribution in [0.1, 0.15) is 16.7 Å². The van der Waals surface area contributed by atoms with Crippen molar-refractivity contribution >= 4 is 10.8 Å². The lowest BCUT2D eigenvalue weighted by molar-refractivity contribution is 0.615. The Balaban J connectivity index is 2.01. The van der Waals surface area contributed by atoms with Gasteiger partial charge in [0.1, 0.15) is 5.82 Å². The minimum atomic E-state index is -1.08. The van der Waals surface area contributed by atoms with Crippen LogP contribution in [0.3, 0.4) is 0 Å². The molecule has 2 aromatic carbocycles. The summed E-state index contributed by atoms with van der Waals surface area (Å²) in [5.74, 6) is 0.449. The molecular formula is C15H15FOS. The standard InChI is InChI=1S/C15H15FOS/c1-12-6-8-13(9-7-12)10-18(17)11-14-4-2-3-5-15(14)16/h2-9H,10-11H2,1H3. The van der Waals surface area contributed by atoms with Crippen LogP contribution in [0.5, 0.6) is 0 Å². The molecule has 0 aliphatic rings. The molecule has 2 rings (SSSR count). The molecule has 1 nitrogen and oxygen atoms in total. The van der Waals surface area contributed by atoms with Crippen molar-refractivity contribution < 1.29 is 8.60 Å². The van der Waals surface area contributed by atoms with Crippen LogP contribution in [0.25, 0.3) is 0 Å². The highest BCUT2D eigenvalue weighted by atomic mass is 32.2. The molecule has 0 bridgehead atoms. The first-order valence-electron chi connectivity index (χ1n) is 5.79. The van der Waals surface area contributed by atoms with Crippen molar-refractivity contribution in [3.05, 3.63) is 71.0 Å². The van der Waals surface area contributed by atoms with Gasteiger partial charge < -0.3 is 0 Å². The van der Waals surface area contributed by atoms with E-state index in [1.807, 2.05) is 31.2 Å². The summed E-state index contributed by atoms with van der Waals surface area (Å²) in [7, 11) is -1.08. The zero-order chi connectivity index (χ0) is 13.0. The Morgan fingerprint density at radius 1 is 1.00 bits per heavy atom. The Morgan fingerprint density at radius 2 is 1.67 bits per heavy atom. The first-order valence-corrected chi connectivity index (χ1v) is 7.28. The zero-order valence-electron chi connectivity index (χ0n) is 10.2. The maximum atomic E-state index is 13.4. The number of aryl methyl sites for hydroxylation is 1. The summed E-state index contributed by atoms with van der Waals surface area (Å²) in [5.41, 5.74) is 2.72. The summed E-state index contributed by atoms with van der Waals surface area (Å²) >= 11 is 0. The third kappa shape index (κ3) is 3.50. The Kier molecular flexibility index (Phi) is 4.26. The van der Waals surface area contributed by atoms with E-state index in [1.54, 1.807) is 18.2 Å². The quantitative estimate of drug-likeness (QED) is 0.823. The fraction of sp³-hybridized carbons (Fsp3) is 0.200. The van der Waals surface area contributed by atoms with Crippen LogP contribution in [-0.2, 0) is 22.3 Å². The van der Waals surface area contributed by atoms with E-state index in [4.69, 9.17) is 0 Å². The topological polar surface area (TPSA) is 17.1 Å². The van der Waals surface area contributed by atoms with Gasteiger partial charge in [-0.3, -0.25) is 4.21 Å². The van der Waals surface area contributed by atoms with Crippen molar-refractivity contribution in [2.45, 2.75) is 18.4 Å². The van der Waals surface area contributed by atoms with Gasteiger partial charge in [-0.1, -0.05) is 48.0 Å². The molecule has 0 N–H and O–H groups in total. The largest absolute Gasteiger partial charge is 0.259 e. The smallest absolute Gasteiger partial charge is 0.127 e. The molecule has 1 unspecified atom stereocenters. The van der Waals surface area contributed by atoms with Crippen molar-refractivity contribution in [3.63, 3.8) is 0 Å². The summed E-state index contributed by atoms with van der Waals surface area (Å²) < 4.78 is 25.4. The molecule has 0 fully saturated rings. The third-order valence-corrected chi connectivity index (χ3v) is 4.01. The van der Waals surface area contributed by atoms with Crippen LogP contribution in [0.4, 0.5) is 4.39 Å². The van der Waals surface area contributed by atoms with Crippen LogP contribution < -0.4 is 0 Å². The van der Waals surface area contributed by atoms with Gasteiger partial charge in [0, 0.05) is 22.1 Å². The van der Waals surface area contributed by atoms with E-state index in [1.165, 1.54) is 11.6 Å². The molecule has 3 heteroatoms. The van der Waals surface area contributed by atoms with Crippen LogP contribution in [0.2, 0.25) is 0 Å². The third-order valence-electron chi connectivity index (χ3n) is 2.72. The summed E-state index contributed by atoms with van der Waals surface area (Å²) in [5, 5.41) is 0. The van der Waals surface area contributed by atoms with Gasteiger partial charge in [-0.25, -0.2) is 4.39 Å². The molecule has 18 heavy (non-hydrogen) atoms. The minimum Gasteiger partial charge on any atom is -0.259 e. The minimum absolute atomic E-state index is 0.264. The lowest BCUT2D eigenvalue weighted by Crippen LogP contribution is -2.01. The summed E-state index contributed by atoms with van der Waals surface area (Å²) in [6.07, 6.45) is 0. The van der Waals surface area contributed by atoms with Crippen LogP contribution in [-0.4, -0.2) is 4.21 Å². The maximum absolute atomic E-state index is 13.4. The molecular weight excluding hydrogens is 247 g/mol. The second kappa shape index (κ2) is 5.91. The molecule has 0 aliphatic carbocycles. The molecule has 94 valence electrons. The number of halogens is 1. The molecule has 0 spiro atoms. The van der Waals surface area contributed by atoms with Gasteiger partial charge in [-0.15, -0.1) is 0 Å². The van der Waals surface area contributed by atoms with Crippen LogP contribution in [0.15, 0.2) is 48.5 Å². The second-order valence-corrected chi connectivity index (χ2v) is 5.76. The second-order valence-electron chi connectivity index (χ2n) is 4.31. The number of benzene rings is 2. The average Bonchev–Trinajstić information content (AvgIpc) is 2.35. The lowest BCUT2D eigenvalue weighted by Gasteiger charge is -2.04. The van der Waals surface area contributed by atoms with Gasteiger partial charge in [0.25, 0.3) is 0 Å². The van der Waals surface area contributed by atoms with Gasteiger partial charge in [-0.05, 0) is 18.6 Å². The molecule has 0 saturated carbocycles. The molecule has 0 heterocycles. The van der Waals surface area contributed by atoms with Gasteiger partial charge in [0.05, 0.1) is 5.75 Å². The van der Waals surface area contributed by atoms with Crippen LogP contribution >= 0.6 is 0 Å². The molecule has 0 aromatic heterocycles. The normalized spacial score (nSPS) is 12.3. The van der Waals surface area contributed by atoms with E-state index < -0.39 is 10.8 Å². The zero-order valence-corrected chi connectivity index (χ0v) is 11.0. The highest BCUT2D eigenvalue weighted by molar-refractivity contribution is 7.83. The first kappa shape index (κ1) is 13.0. The van der Waals surface area contributed by atoms with Crippen molar-refractivity contribution in [1.29, 1.82) is 0 Å². The Bertz CT molecular complexity index is 549. The van der Waals surface area contributed by atoms with Crippen molar-refractivity contribution in [1.82, 2.24) is 0 Å². The monoisotopic (exact) mass is 262 g/mol. The predicted octanol–water partition coefficient (Wildman–Crippen LogP) is 3.58. The average molecular weight is 262 g/mol. The van der Waals surface area contributed by atoms with E-state index in [9.17, 15) is 8.60 Å². The van der Waals surface area contributed by atoms with Gasteiger partial charge in [0.2, 0.25) is 0 Å². The number of hydrogen-bond donors (Lipinski definition) is 0. The fourth-order valence-electron chi connectivity index (χ4n) is 1.71. The summed E-state index contributed by atoms with van der Waals surface area (Å²) in [4.78, 5) is 0. The van der Waals surface area contributed by atoms with E-state index >= 15 is 0 Å². The van der Waals surface area contributed by atoms with Crippen molar-refractivity contribution in [3.8, 4) is 0 Å². The van der Waals surface area contributed by atoms with Crippen molar-refractivity contribution in [2.24, 2.45) is 0 Å². The molecule has 0 amide bonds. The Hall–Kier alpha value is -1.48. The molecule has 0 radical (unpaired) electrons. The summed E-state index contributed by atoms with van der Waals surface area (Å²) in [6, 6.07) is 14.4. The highest BCUT2D eigenvalue weighted by Gasteiger charge is 2.07. The molecule has 2 aromatic rings. The van der Waals surface area contributed by atoms with E-state index in [0.29, 0.717) is 11.3 Å². The van der Waals surface area contributed by atoms with Gasteiger partial charge in [0.15, 0.2) is 0 Å². The number of hydrogen-bond acceptors (Lipinski definition) is 1. The van der Waals surface area contributed by atoms with Gasteiger partial charge >= 0.3 is 0 Å². The summed E-state index contributed by atoms with van der Waals surface area (Å²) in [6.45, 7) is 2.01. The molecule has 1 atom stereocenters. The Morgan fingerprint density at radius 3 is 2.33 bits per heavy atom. The maximum Gasteiger partial charge on any atom is 0.127 e. The SMILES string of the molecule is Cc1ccc(CS(=O)Cc2ccccc2F)cc1. The highest BCUT2D eigenvalue weighted by Crippen LogP contribution is 2.12. The Labute approximate surface area is 109 Å². The first-order chi connectivity index (χ1) is 8.65. The van der Waals surface area contributed by atoms with E-state index in [-0.39, 0.29) is 11.6 Å². The fourth-order valence-corrected chi connectivity index (χ4v) is 2.96. The van der Waals surface area contributed by atoms with Crippen molar-refractivity contribution in [2.75, 3.05) is 0 Å². The van der Waals surface area contributed by atoms with Gasteiger partial charge in [-0.2, -0.15) is 0 Å².